The molecule has 1 atom stereocenters. The molecule has 1 saturated heterocycles. The lowest BCUT2D eigenvalue weighted by molar-refractivity contribution is -0.0964. The van der Waals surface area contributed by atoms with Crippen LogP contribution in [0.1, 0.15) is 16.8 Å². The Labute approximate surface area is 192 Å². The van der Waals surface area contributed by atoms with Crippen LogP contribution in [0.25, 0.3) is 11.1 Å². The Balaban J connectivity index is 1.60. The molecule has 0 spiro atoms. The van der Waals surface area contributed by atoms with E-state index < -0.39 is 23.4 Å². The van der Waals surface area contributed by atoms with Crippen LogP contribution in [-0.2, 0) is 0 Å². The van der Waals surface area contributed by atoms with E-state index in [0.29, 0.717) is 41.9 Å². The highest BCUT2D eigenvalue weighted by Gasteiger charge is 2.27. The Morgan fingerprint density at radius 2 is 1.94 bits per heavy atom. The predicted octanol–water partition coefficient (Wildman–Crippen LogP) is 4.88. The Morgan fingerprint density at radius 1 is 1.18 bits per heavy atom. The number of nitrogens with one attached hydrogen (secondary N) is 1. The number of alkyl halides is 3. The molecular formula is C23H19ClF3N3O3. The Morgan fingerprint density at radius 3 is 2.58 bits per heavy atom. The number of β-amino-alcohol motifs (C(OH)–C–C–N with tert-alkyl or cyclic N) is 1. The van der Waals surface area contributed by atoms with Crippen LogP contribution < -0.4 is 15.0 Å². The number of halogens is 4. The van der Waals surface area contributed by atoms with Crippen molar-refractivity contribution in [2.24, 2.45) is 0 Å². The highest BCUT2D eigenvalue weighted by Crippen LogP contribution is 2.34. The fourth-order valence-electron chi connectivity index (χ4n) is 3.65. The van der Waals surface area contributed by atoms with Gasteiger partial charge in [-0.1, -0.05) is 0 Å². The maximum Gasteiger partial charge on any atom is 0.487 e. The molecule has 0 saturated carbocycles. The van der Waals surface area contributed by atoms with Crippen LogP contribution in [0, 0.1) is 5.82 Å². The van der Waals surface area contributed by atoms with Crippen molar-refractivity contribution in [2.75, 3.05) is 23.3 Å². The van der Waals surface area contributed by atoms with Crippen molar-refractivity contribution in [3.8, 4) is 16.9 Å². The number of nitrogens with zero attached hydrogens (tertiary/aromatic N) is 2. The molecular weight excluding hydrogens is 459 g/mol. The van der Waals surface area contributed by atoms with Crippen LogP contribution in [0.2, 0.25) is 0 Å². The van der Waals surface area contributed by atoms with Gasteiger partial charge in [0.1, 0.15) is 11.6 Å². The lowest BCUT2D eigenvalue weighted by Gasteiger charge is -2.22. The number of hydrogen-bond acceptors (Lipinski definition) is 5. The first-order chi connectivity index (χ1) is 15.7. The summed E-state index contributed by atoms with van der Waals surface area (Å²) in [5.74, 6) is -1.13. The molecule has 2 N–H and O–H groups in total. The fraction of sp³-hybridized carbons (Fsp3) is 0.217. The molecule has 4 rings (SSSR count). The van der Waals surface area contributed by atoms with Crippen LogP contribution in [0.4, 0.5) is 24.5 Å². The van der Waals surface area contributed by atoms with E-state index in [1.807, 2.05) is 4.90 Å². The monoisotopic (exact) mass is 477 g/mol. The van der Waals surface area contributed by atoms with E-state index in [1.54, 1.807) is 18.2 Å². The van der Waals surface area contributed by atoms with Gasteiger partial charge in [-0.2, -0.15) is 0 Å². The first kappa shape index (κ1) is 22.9. The molecule has 0 bridgehead atoms. The summed E-state index contributed by atoms with van der Waals surface area (Å²) in [6.07, 6.45) is 2.74. The molecule has 33 heavy (non-hydrogen) atoms. The average Bonchev–Trinajstić information content (AvgIpc) is 3.20. The summed E-state index contributed by atoms with van der Waals surface area (Å²) >= 11 is 4.74. The van der Waals surface area contributed by atoms with Gasteiger partial charge < -0.3 is 20.1 Å². The van der Waals surface area contributed by atoms with Gasteiger partial charge in [0.15, 0.2) is 0 Å². The molecule has 6 nitrogen and oxygen atoms in total. The quantitative estimate of drug-likeness (QED) is 0.495. The summed E-state index contributed by atoms with van der Waals surface area (Å²) in [5, 5.41) is 12.6. The molecule has 1 amide bonds. The number of aromatic nitrogens is 1. The number of pyridine rings is 1. The largest absolute Gasteiger partial charge is 0.487 e. The minimum atomic E-state index is -3.83. The molecule has 3 aromatic rings. The second-order valence-electron chi connectivity index (χ2n) is 7.54. The number of hydrogen-bond donors (Lipinski definition) is 2. The number of aliphatic hydroxyl groups is 1. The molecule has 0 aliphatic carbocycles. The maximum absolute atomic E-state index is 13.8. The number of amides is 1. The van der Waals surface area contributed by atoms with Crippen molar-refractivity contribution in [1.82, 2.24) is 4.98 Å². The summed E-state index contributed by atoms with van der Waals surface area (Å²) in [5.41, 5.74) is -1.35. The van der Waals surface area contributed by atoms with E-state index in [4.69, 9.17) is 11.6 Å². The molecule has 0 radical (unpaired) electrons. The van der Waals surface area contributed by atoms with Crippen LogP contribution >= 0.6 is 11.6 Å². The predicted molar refractivity (Wildman–Crippen MR) is 118 cm³/mol. The summed E-state index contributed by atoms with van der Waals surface area (Å²) in [6, 6.07) is 11.6. The van der Waals surface area contributed by atoms with E-state index in [9.17, 15) is 23.1 Å². The van der Waals surface area contributed by atoms with Gasteiger partial charge in [0.25, 0.3) is 5.91 Å². The van der Waals surface area contributed by atoms with Gasteiger partial charge in [-0.25, -0.2) is 4.39 Å². The second-order valence-corrected chi connectivity index (χ2v) is 7.98. The number of rotatable bonds is 6. The number of carbonyl (C=O) groups excluding carboxylic acids is 1. The van der Waals surface area contributed by atoms with Gasteiger partial charge in [-0.05, 0) is 55.0 Å². The fourth-order valence-corrected chi connectivity index (χ4v) is 3.74. The number of carbonyl (C=O) groups is 1. The smallest absolute Gasteiger partial charge is 0.420 e. The van der Waals surface area contributed by atoms with Crippen LogP contribution in [0.5, 0.6) is 5.75 Å². The van der Waals surface area contributed by atoms with E-state index >= 15 is 0 Å². The van der Waals surface area contributed by atoms with Gasteiger partial charge in [0, 0.05) is 59.0 Å². The molecule has 1 fully saturated rings. The summed E-state index contributed by atoms with van der Waals surface area (Å²) in [4.78, 5) is 18.7. The highest BCUT2D eigenvalue weighted by molar-refractivity contribution is 6.20. The number of anilines is 2. The Kier molecular flexibility index (Phi) is 6.44. The van der Waals surface area contributed by atoms with Crippen molar-refractivity contribution in [2.45, 2.75) is 18.1 Å². The van der Waals surface area contributed by atoms with E-state index in [0.717, 1.165) is 11.9 Å². The van der Waals surface area contributed by atoms with Crippen molar-refractivity contribution >= 4 is 28.9 Å². The number of ether oxygens (including phenoxy) is 1. The van der Waals surface area contributed by atoms with Crippen molar-refractivity contribution in [3.05, 3.63) is 72.3 Å². The molecule has 1 aliphatic rings. The zero-order valence-corrected chi connectivity index (χ0v) is 17.9. The zero-order valence-electron chi connectivity index (χ0n) is 17.1. The van der Waals surface area contributed by atoms with Crippen molar-refractivity contribution in [1.29, 1.82) is 0 Å². The van der Waals surface area contributed by atoms with Crippen molar-refractivity contribution < 1.29 is 27.8 Å². The third-order valence-electron chi connectivity index (χ3n) is 5.12. The lowest BCUT2D eigenvalue weighted by Crippen LogP contribution is -2.22. The van der Waals surface area contributed by atoms with Gasteiger partial charge in [0.05, 0.1) is 12.3 Å². The Hall–Kier alpha value is -3.30. The second kappa shape index (κ2) is 9.29. The molecule has 2 heterocycles. The van der Waals surface area contributed by atoms with Crippen LogP contribution in [0.3, 0.4) is 0 Å². The summed E-state index contributed by atoms with van der Waals surface area (Å²) in [7, 11) is 0. The van der Waals surface area contributed by atoms with Gasteiger partial charge in [0.2, 0.25) is 0 Å². The average molecular weight is 478 g/mol. The van der Waals surface area contributed by atoms with E-state index in [-0.39, 0.29) is 5.75 Å². The summed E-state index contributed by atoms with van der Waals surface area (Å²) < 4.78 is 43.6. The van der Waals surface area contributed by atoms with Crippen LogP contribution in [0.15, 0.2) is 60.9 Å². The third kappa shape index (κ3) is 5.74. The van der Waals surface area contributed by atoms with Crippen molar-refractivity contribution in [3.63, 3.8) is 0 Å². The van der Waals surface area contributed by atoms with E-state index in [1.165, 1.54) is 36.5 Å². The minimum Gasteiger partial charge on any atom is -0.420 e. The third-order valence-corrected chi connectivity index (χ3v) is 5.20. The normalized spacial score (nSPS) is 16.0. The number of benzene rings is 2. The molecule has 2 aromatic carbocycles. The first-order valence-electron chi connectivity index (χ1n) is 10.0. The topological polar surface area (TPSA) is 74.7 Å². The zero-order chi connectivity index (χ0) is 23.6. The SMILES string of the molecule is O=C(Nc1ccc(OC(F)(F)Cl)cc1)c1ccc(N2CCC(O)C2)c(-c2cncc(F)c2)c1. The highest BCUT2D eigenvalue weighted by atomic mass is 35.5. The minimum absolute atomic E-state index is 0.161. The lowest BCUT2D eigenvalue weighted by atomic mass is 10.0. The van der Waals surface area contributed by atoms with E-state index in [2.05, 4.69) is 15.0 Å². The standard InChI is InChI=1S/C23H19ClF3N3O3/c24-23(26,27)33-19-4-2-17(3-5-19)29-22(32)14-1-6-21(30-8-7-18(31)13-30)20(10-14)15-9-16(25)12-28-11-15/h1-6,9-12,18,31H,7-8,13H2,(H,29,32). The molecule has 10 heteroatoms. The molecule has 1 unspecified atom stereocenters. The first-order valence-corrected chi connectivity index (χ1v) is 10.4. The Bertz CT molecular complexity index is 1160. The van der Waals surface area contributed by atoms with Crippen LogP contribution in [-0.4, -0.2) is 40.8 Å². The molecule has 172 valence electrons. The number of aliphatic hydroxyl groups excluding tert-OH is 1. The molecule has 1 aliphatic heterocycles. The maximum atomic E-state index is 13.8. The summed E-state index contributed by atoms with van der Waals surface area (Å²) in [6.45, 7) is 1.05. The van der Waals surface area contributed by atoms with Gasteiger partial charge in [-0.15, -0.1) is 8.78 Å². The molecule has 1 aromatic heterocycles. The van der Waals surface area contributed by atoms with Gasteiger partial charge in [-0.3, -0.25) is 9.78 Å². The van der Waals surface area contributed by atoms with Gasteiger partial charge >= 0.3 is 5.57 Å².